The van der Waals surface area contributed by atoms with Crippen LogP contribution in [-0.4, -0.2) is 27.3 Å². The van der Waals surface area contributed by atoms with Gasteiger partial charge in [-0.3, -0.25) is 4.79 Å². The topological polar surface area (TPSA) is 81.1 Å². The second-order valence-electron chi connectivity index (χ2n) is 7.20. The first-order valence-electron chi connectivity index (χ1n) is 10.2. The third kappa shape index (κ3) is 5.51. The van der Waals surface area contributed by atoms with Crippen LogP contribution in [0.25, 0.3) is 5.69 Å². The summed E-state index contributed by atoms with van der Waals surface area (Å²) in [6.07, 6.45) is 3.08. The van der Waals surface area contributed by atoms with E-state index in [-0.39, 0.29) is 17.7 Å². The van der Waals surface area contributed by atoms with E-state index in [0.717, 1.165) is 11.3 Å². The third-order valence-corrected chi connectivity index (χ3v) is 4.95. The van der Waals surface area contributed by atoms with Crippen molar-refractivity contribution in [1.82, 2.24) is 20.1 Å². The molecule has 7 nitrogen and oxygen atoms in total. The predicted molar refractivity (Wildman–Crippen MR) is 120 cm³/mol. The SMILES string of the molecule is CC(NC(=O)c1ccccc1Nc1ccc(OC(F)F)cc1)c1ccc(-n2cncn2)cc1. The Bertz CT molecular complexity index is 1200. The van der Waals surface area contributed by atoms with E-state index in [0.29, 0.717) is 16.9 Å². The summed E-state index contributed by atoms with van der Waals surface area (Å²) >= 11 is 0. The number of hydrogen-bond donors (Lipinski definition) is 2. The molecule has 1 aromatic heterocycles. The minimum atomic E-state index is -2.88. The normalized spacial score (nSPS) is 11.8. The van der Waals surface area contributed by atoms with E-state index in [1.165, 1.54) is 18.5 Å². The molecule has 1 unspecified atom stereocenters. The molecule has 4 aromatic rings. The van der Waals surface area contributed by atoms with Gasteiger partial charge in [0.15, 0.2) is 0 Å². The minimum Gasteiger partial charge on any atom is -0.435 e. The zero-order chi connectivity index (χ0) is 23.2. The second-order valence-corrected chi connectivity index (χ2v) is 7.20. The number of ether oxygens (including phenoxy) is 1. The lowest BCUT2D eigenvalue weighted by Gasteiger charge is -2.17. The van der Waals surface area contributed by atoms with E-state index in [9.17, 15) is 13.6 Å². The lowest BCUT2D eigenvalue weighted by atomic mass is 10.1. The molecule has 4 rings (SSSR count). The molecule has 0 fully saturated rings. The Balaban J connectivity index is 1.44. The van der Waals surface area contributed by atoms with Crippen molar-refractivity contribution in [3.63, 3.8) is 0 Å². The van der Waals surface area contributed by atoms with Gasteiger partial charge in [0.05, 0.1) is 23.0 Å². The van der Waals surface area contributed by atoms with E-state index in [1.807, 2.05) is 31.2 Å². The molecule has 3 aromatic carbocycles. The number of halogens is 2. The van der Waals surface area contributed by atoms with Crippen LogP contribution >= 0.6 is 0 Å². The Hall–Kier alpha value is -4.27. The van der Waals surface area contributed by atoms with Crippen LogP contribution in [-0.2, 0) is 0 Å². The Morgan fingerprint density at radius 3 is 2.39 bits per heavy atom. The van der Waals surface area contributed by atoms with Gasteiger partial charge in [-0.25, -0.2) is 9.67 Å². The Morgan fingerprint density at radius 1 is 1.00 bits per heavy atom. The number of benzene rings is 3. The van der Waals surface area contributed by atoms with Crippen molar-refractivity contribution in [2.75, 3.05) is 5.32 Å². The van der Waals surface area contributed by atoms with E-state index in [2.05, 4.69) is 25.5 Å². The molecule has 0 aliphatic rings. The van der Waals surface area contributed by atoms with Crippen molar-refractivity contribution < 1.29 is 18.3 Å². The molecule has 0 aliphatic heterocycles. The number of nitrogens with zero attached hydrogens (tertiary/aromatic N) is 3. The molecule has 0 bridgehead atoms. The molecule has 0 aliphatic carbocycles. The van der Waals surface area contributed by atoms with Crippen molar-refractivity contribution in [2.24, 2.45) is 0 Å². The highest BCUT2D eigenvalue weighted by Gasteiger charge is 2.15. The molecule has 1 atom stereocenters. The Labute approximate surface area is 189 Å². The fourth-order valence-electron chi connectivity index (χ4n) is 3.28. The molecule has 2 N–H and O–H groups in total. The monoisotopic (exact) mass is 449 g/mol. The van der Waals surface area contributed by atoms with Gasteiger partial charge in [0.25, 0.3) is 5.91 Å². The van der Waals surface area contributed by atoms with Gasteiger partial charge in [0, 0.05) is 5.69 Å². The van der Waals surface area contributed by atoms with Gasteiger partial charge in [-0.1, -0.05) is 24.3 Å². The number of amides is 1. The molecule has 0 spiro atoms. The lowest BCUT2D eigenvalue weighted by Crippen LogP contribution is -2.27. The summed E-state index contributed by atoms with van der Waals surface area (Å²) < 4.78 is 30.7. The number of para-hydroxylation sites is 1. The van der Waals surface area contributed by atoms with Gasteiger partial charge in [-0.15, -0.1) is 0 Å². The third-order valence-electron chi connectivity index (χ3n) is 4.95. The summed E-state index contributed by atoms with van der Waals surface area (Å²) in [5, 5.41) is 10.3. The standard InChI is InChI=1S/C24H21F2N5O2/c1-16(17-6-10-19(11-7-17)31-15-27-14-28-31)29-23(32)21-4-2-3-5-22(21)30-18-8-12-20(13-9-18)33-24(25)26/h2-16,24,30H,1H3,(H,29,32). The highest BCUT2D eigenvalue weighted by Crippen LogP contribution is 2.24. The highest BCUT2D eigenvalue weighted by atomic mass is 19.3. The maximum Gasteiger partial charge on any atom is 0.387 e. The van der Waals surface area contributed by atoms with Gasteiger partial charge >= 0.3 is 6.61 Å². The number of aromatic nitrogens is 3. The van der Waals surface area contributed by atoms with Crippen molar-refractivity contribution in [2.45, 2.75) is 19.6 Å². The molecule has 0 saturated heterocycles. The van der Waals surface area contributed by atoms with Gasteiger partial charge < -0.3 is 15.4 Å². The molecule has 0 saturated carbocycles. The van der Waals surface area contributed by atoms with Crippen LogP contribution in [0.5, 0.6) is 5.75 Å². The first-order chi connectivity index (χ1) is 16.0. The molecule has 33 heavy (non-hydrogen) atoms. The quantitative estimate of drug-likeness (QED) is 0.391. The number of carbonyl (C=O) groups excluding carboxylic acids is 1. The fraction of sp³-hybridized carbons (Fsp3) is 0.125. The molecule has 1 heterocycles. The summed E-state index contributed by atoms with van der Waals surface area (Å²) in [5.41, 5.74) is 3.48. The molecule has 0 radical (unpaired) electrons. The predicted octanol–water partition coefficient (Wildman–Crippen LogP) is 5.10. The van der Waals surface area contributed by atoms with Crippen molar-refractivity contribution in [3.05, 3.63) is 96.6 Å². The molecule has 9 heteroatoms. The molecular formula is C24H21F2N5O2. The summed E-state index contributed by atoms with van der Waals surface area (Å²) in [7, 11) is 0. The van der Waals surface area contributed by atoms with Crippen LogP contribution in [0.3, 0.4) is 0 Å². The number of nitrogens with one attached hydrogen (secondary N) is 2. The second kappa shape index (κ2) is 9.90. The highest BCUT2D eigenvalue weighted by molar-refractivity contribution is 6.00. The molecule has 1 amide bonds. The Morgan fingerprint density at radius 2 is 1.73 bits per heavy atom. The van der Waals surface area contributed by atoms with E-state index in [4.69, 9.17) is 0 Å². The van der Waals surface area contributed by atoms with E-state index < -0.39 is 6.61 Å². The number of anilines is 2. The van der Waals surface area contributed by atoms with Crippen molar-refractivity contribution in [1.29, 1.82) is 0 Å². The number of rotatable bonds is 8. The molecular weight excluding hydrogens is 428 g/mol. The number of alkyl halides is 2. The number of hydrogen-bond acceptors (Lipinski definition) is 5. The van der Waals surface area contributed by atoms with Gasteiger partial charge in [-0.05, 0) is 61.0 Å². The average Bonchev–Trinajstić information content (AvgIpc) is 3.35. The van der Waals surface area contributed by atoms with Crippen LogP contribution in [0, 0.1) is 0 Å². The van der Waals surface area contributed by atoms with Gasteiger partial charge in [0.1, 0.15) is 18.4 Å². The first-order valence-corrected chi connectivity index (χ1v) is 10.2. The van der Waals surface area contributed by atoms with Crippen LogP contribution in [0.1, 0.15) is 28.9 Å². The van der Waals surface area contributed by atoms with Gasteiger partial charge in [0.2, 0.25) is 0 Å². The van der Waals surface area contributed by atoms with E-state index >= 15 is 0 Å². The average molecular weight is 449 g/mol. The minimum absolute atomic E-state index is 0.0604. The number of carbonyl (C=O) groups is 1. The maximum absolute atomic E-state index is 13.0. The summed E-state index contributed by atoms with van der Waals surface area (Å²) in [5.74, 6) is -0.186. The Kier molecular flexibility index (Phi) is 6.58. The maximum atomic E-state index is 13.0. The summed E-state index contributed by atoms with van der Waals surface area (Å²) in [6, 6.07) is 20.6. The first kappa shape index (κ1) is 21.9. The van der Waals surface area contributed by atoms with Crippen LogP contribution in [0.4, 0.5) is 20.2 Å². The van der Waals surface area contributed by atoms with Gasteiger partial charge in [-0.2, -0.15) is 13.9 Å². The molecule has 168 valence electrons. The zero-order valence-corrected chi connectivity index (χ0v) is 17.7. The summed E-state index contributed by atoms with van der Waals surface area (Å²) in [4.78, 5) is 16.9. The zero-order valence-electron chi connectivity index (χ0n) is 17.7. The fourth-order valence-corrected chi connectivity index (χ4v) is 3.28. The summed E-state index contributed by atoms with van der Waals surface area (Å²) in [6.45, 7) is -0.978. The smallest absolute Gasteiger partial charge is 0.387 e. The van der Waals surface area contributed by atoms with Crippen LogP contribution < -0.4 is 15.4 Å². The van der Waals surface area contributed by atoms with Crippen molar-refractivity contribution in [3.8, 4) is 11.4 Å². The van der Waals surface area contributed by atoms with Crippen LogP contribution in [0.2, 0.25) is 0 Å². The largest absolute Gasteiger partial charge is 0.435 e. The lowest BCUT2D eigenvalue weighted by molar-refractivity contribution is -0.0498. The van der Waals surface area contributed by atoms with Crippen molar-refractivity contribution >= 4 is 17.3 Å². The van der Waals surface area contributed by atoms with E-state index in [1.54, 1.807) is 47.4 Å². The van der Waals surface area contributed by atoms with Crippen LogP contribution in [0.15, 0.2) is 85.5 Å².